The molecule has 0 saturated carbocycles. The minimum absolute atomic E-state index is 0.154. The lowest BCUT2D eigenvalue weighted by atomic mass is 9.99. The van der Waals surface area contributed by atoms with Crippen molar-refractivity contribution in [3.05, 3.63) is 59.2 Å². The van der Waals surface area contributed by atoms with Gasteiger partial charge < -0.3 is 5.11 Å². The first-order chi connectivity index (χ1) is 10.3. The van der Waals surface area contributed by atoms with Crippen molar-refractivity contribution in [1.29, 1.82) is 0 Å². The Kier molecular flexibility index (Phi) is 4.63. The van der Waals surface area contributed by atoms with Crippen LogP contribution in [0.3, 0.4) is 0 Å². The van der Waals surface area contributed by atoms with E-state index in [2.05, 4.69) is 0 Å². The average Bonchev–Trinajstić information content (AvgIpc) is 2.47. The SMILES string of the molecule is CCCc1cc(O)c(C(=O)c2ccccc2)cc1S(=O)(=O)O. The van der Waals surface area contributed by atoms with Gasteiger partial charge in [0.2, 0.25) is 0 Å². The van der Waals surface area contributed by atoms with Crippen LogP contribution in [0.4, 0.5) is 0 Å². The van der Waals surface area contributed by atoms with Gasteiger partial charge in [-0.3, -0.25) is 9.35 Å². The molecular formula is C16H16O5S. The van der Waals surface area contributed by atoms with Crippen molar-refractivity contribution < 1.29 is 22.9 Å². The smallest absolute Gasteiger partial charge is 0.294 e. The molecule has 0 fully saturated rings. The highest BCUT2D eigenvalue weighted by Gasteiger charge is 2.22. The number of aryl methyl sites for hydroxylation is 1. The molecule has 0 saturated heterocycles. The zero-order valence-electron chi connectivity index (χ0n) is 12.0. The second-order valence-corrected chi connectivity index (χ2v) is 6.29. The fraction of sp³-hybridized carbons (Fsp3) is 0.188. The Morgan fingerprint density at radius 1 is 1.14 bits per heavy atom. The lowest BCUT2D eigenvalue weighted by Crippen LogP contribution is -2.08. The fourth-order valence-corrected chi connectivity index (χ4v) is 3.00. The van der Waals surface area contributed by atoms with Gasteiger partial charge in [-0.1, -0.05) is 43.7 Å². The van der Waals surface area contributed by atoms with Crippen molar-refractivity contribution in [2.45, 2.75) is 24.7 Å². The van der Waals surface area contributed by atoms with E-state index < -0.39 is 15.9 Å². The summed E-state index contributed by atoms with van der Waals surface area (Å²) in [6.07, 6.45) is 0.996. The Labute approximate surface area is 129 Å². The maximum absolute atomic E-state index is 12.4. The Morgan fingerprint density at radius 2 is 1.77 bits per heavy atom. The molecule has 0 spiro atoms. The number of ketones is 1. The van der Waals surface area contributed by atoms with Gasteiger partial charge in [0.15, 0.2) is 5.78 Å². The van der Waals surface area contributed by atoms with Gasteiger partial charge in [-0.05, 0) is 24.1 Å². The van der Waals surface area contributed by atoms with Gasteiger partial charge in [0.05, 0.1) is 10.5 Å². The zero-order chi connectivity index (χ0) is 16.3. The number of aromatic hydroxyl groups is 1. The number of phenolic OH excluding ortho intramolecular Hbond substituents is 1. The molecule has 0 aromatic heterocycles. The van der Waals surface area contributed by atoms with E-state index in [4.69, 9.17) is 0 Å². The summed E-state index contributed by atoms with van der Waals surface area (Å²) in [5.41, 5.74) is 0.452. The molecule has 2 aromatic rings. The van der Waals surface area contributed by atoms with Crippen LogP contribution in [0, 0.1) is 0 Å². The molecule has 0 atom stereocenters. The van der Waals surface area contributed by atoms with Gasteiger partial charge in [-0.25, -0.2) is 0 Å². The van der Waals surface area contributed by atoms with E-state index in [-0.39, 0.29) is 21.8 Å². The summed E-state index contributed by atoms with van der Waals surface area (Å²) in [5, 5.41) is 10.0. The summed E-state index contributed by atoms with van der Waals surface area (Å²) >= 11 is 0. The van der Waals surface area contributed by atoms with E-state index in [0.29, 0.717) is 18.4 Å². The average molecular weight is 320 g/mol. The van der Waals surface area contributed by atoms with Gasteiger partial charge in [0, 0.05) is 5.56 Å². The number of hydrogen-bond donors (Lipinski definition) is 2. The third-order valence-electron chi connectivity index (χ3n) is 3.26. The van der Waals surface area contributed by atoms with E-state index in [0.717, 1.165) is 6.07 Å². The van der Waals surface area contributed by atoms with Crippen LogP contribution in [0.2, 0.25) is 0 Å². The number of carbonyl (C=O) groups excluding carboxylic acids is 1. The van der Waals surface area contributed by atoms with Gasteiger partial charge in [0.25, 0.3) is 10.1 Å². The highest BCUT2D eigenvalue weighted by atomic mass is 32.2. The Bertz CT molecular complexity index is 795. The molecule has 2 aromatic carbocycles. The summed E-state index contributed by atoms with van der Waals surface area (Å²) in [4.78, 5) is 12.0. The molecule has 22 heavy (non-hydrogen) atoms. The van der Waals surface area contributed by atoms with E-state index in [1.54, 1.807) is 30.3 Å². The van der Waals surface area contributed by atoms with Crippen LogP contribution in [0.5, 0.6) is 5.75 Å². The van der Waals surface area contributed by atoms with E-state index in [1.807, 2.05) is 6.92 Å². The third kappa shape index (κ3) is 3.35. The van der Waals surface area contributed by atoms with Gasteiger partial charge in [-0.2, -0.15) is 8.42 Å². The van der Waals surface area contributed by atoms with Gasteiger partial charge >= 0.3 is 0 Å². The molecule has 116 valence electrons. The first-order valence-corrected chi connectivity index (χ1v) is 8.21. The van der Waals surface area contributed by atoms with Crippen LogP contribution in [-0.2, 0) is 16.5 Å². The van der Waals surface area contributed by atoms with E-state index in [9.17, 15) is 22.9 Å². The summed E-state index contributed by atoms with van der Waals surface area (Å²) in [6.45, 7) is 1.84. The molecule has 0 heterocycles. The minimum atomic E-state index is -4.47. The van der Waals surface area contributed by atoms with E-state index >= 15 is 0 Å². The number of phenols is 1. The molecular weight excluding hydrogens is 304 g/mol. The van der Waals surface area contributed by atoms with Crippen molar-refractivity contribution in [3.8, 4) is 5.75 Å². The third-order valence-corrected chi connectivity index (χ3v) is 4.19. The van der Waals surface area contributed by atoms with Crippen molar-refractivity contribution in [2.24, 2.45) is 0 Å². The van der Waals surface area contributed by atoms with Crippen molar-refractivity contribution in [2.75, 3.05) is 0 Å². The predicted octanol–water partition coefficient (Wildman–Crippen LogP) is 2.82. The molecule has 0 bridgehead atoms. The lowest BCUT2D eigenvalue weighted by molar-refractivity contribution is 0.103. The maximum Gasteiger partial charge on any atom is 0.294 e. The molecule has 0 unspecified atom stereocenters. The summed E-state index contributed by atoms with van der Waals surface area (Å²) in [5.74, 6) is -0.809. The Hall–Kier alpha value is -2.18. The van der Waals surface area contributed by atoms with Crippen LogP contribution in [0.1, 0.15) is 34.8 Å². The van der Waals surface area contributed by atoms with Crippen LogP contribution < -0.4 is 0 Å². The molecule has 5 nitrogen and oxygen atoms in total. The highest BCUT2D eigenvalue weighted by molar-refractivity contribution is 7.85. The number of carbonyl (C=O) groups is 1. The first kappa shape index (κ1) is 16.2. The monoisotopic (exact) mass is 320 g/mol. The van der Waals surface area contributed by atoms with Crippen LogP contribution in [0.15, 0.2) is 47.4 Å². The quantitative estimate of drug-likeness (QED) is 0.653. The molecule has 6 heteroatoms. The molecule has 0 aliphatic heterocycles. The minimum Gasteiger partial charge on any atom is -0.507 e. The Morgan fingerprint density at radius 3 is 2.32 bits per heavy atom. The standard InChI is InChI=1S/C16H16O5S/c1-2-6-12-9-14(17)13(10-15(12)22(19,20)21)16(18)11-7-4-3-5-8-11/h3-5,7-10,17H,2,6H2,1H3,(H,19,20,21). The molecule has 2 rings (SSSR count). The molecule has 2 N–H and O–H groups in total. The summed E-state index contributed by atoms with van der Waals surface area (Å²) < 4.78 is 32.4. The van der Waals surface area contributed by atoms with Crippen molar-refractivity contribution in [1.82, 2.24) is 0 Å². The molecule has 0 amide bonds. The van der Waals surface area contributed by atoms with Crippen molar-refractivity contribution in [3.63, 3.8) is 0 Å². The number of rotatable bonds is 5. The largest absolute Gasteiger partial charge is 0.507 e. The van der Waals surface area contributed by atoms with Crippen molar-refractivity contribution >= 4 is 15.9 Å². The second-order valence-electron chi connectivity index (χ2n) is 4.90. The van der Waals surface area contributed by atoms with Crippen LogP contribution in [-0.4, -0.2) is 23.9 Å². The number of hydrogen-bond acceptors (Lipinski definition) is 4. The second kappa shape index (κ2) is 6.29. The summed E-state index contributed by atoms with van der Waals surface area (Å²) in [7, 11) is -4.47. The molecule has 0 radical (unpaired) electrons. The maximum atomic E-state index is 12.4. The van der Waals surface area contributed by atoms with Crippen LogP contribution in [0.25, 0.3) is 0 Å². The molecule has 0 aliphatic carbocycles. The van der Waals surface area contributed by atoms with Gasteiger partial charge in [0.1, 0.15) is 5.75 Å². The van der Waals surface area contributed by atoms with E-state index in [1.165, 1.54) is 6.07 Å². The normalized spacial score (nSPS) is 11.4. The lowest BCUT2D eigenvalue weighted by Gasteiger charge is -2.11. The fourth-order valence-electron chi connectivity index (χ4n) is 2.24. The zero-order valence-corrected chi connectivity index (χ0v) is 12.8. The molecule has 0 aliphatic rings. The highest BCUT2D eigenvalue weighted by Crippen LogP contribution is 2.28. The van der Waals surface area contributed by atoms with Gasteiger partial charge in [-0.15, -0.1) is 0 Å². The van der Waals surface area contributed by atoms with Crippen LogP contribution >= 0.6 is 0 Å². The topological polar surface area (TPSA) is 91.7 Å². The predicted molar refractivity (Wildman–Crippen MR) is 81.8 cm³/mol. The Balaban J connectivity index is 2.61. The first-order valence-electron chi connectivity index (χ1n) is 6.77. The number of benzene rings is 2. The summed E-state index contributed by atoms with van der Waals surface area (Å²) in [6, 6.07) is 10.5.